The highest BCUT2D eigenvalue weighted by molar-refractivity contribution is 6.40. The molecule has 1 aromatic carbocycles. The molecule has 2 rings (SSSR count). The molecule has 0 radical (unpaired) electrons. The van der Waals surface area contributed by atoms with Crippen molar-refractivity contribution in [1.82, 2.24) is 0 Å². The molecule has 7 heteroatoms. The van der Waals surface area contributed by atoms with Crippen molar-refractivity contribution in [2.45, 2.75) is 12.8 Å². The quantitative estimate of drug-likeness (QED) is 0.620. The molecule has 0 bridgehead atoms. The third-order valence-electron chi connectivity index (χ3n) is 3.18. The molecule has 3 N–H and O–H groups in total. The summed E-state index contributed by atoms with van der Waals surface area (Å²) in [5.74, 6) is 0.236. The van der Waals surface area contributed by atoms with Gasteiger partial charge in [-0.1, -0.05) is 23.2 Å². The van der Waals surface area contributed by atoms with Gasteiger partial charge in [0, 0.05) is 18.2 Å². The summed E-state index contributed by atoms with van der Waals surface area (Å²) in [6.07, 6.45) is 1.26. The second-order valence-corrected chi connectivity index (χ2v) is 5.78. The van der Waals surface area contributed by atoms with Crippen LogP contribution in [0.5, 0.6) is 0 Å². The molecule has 1 aromatic rings. The first-order valence-corrected chi connectivity index (χ1v) is 7.51. The maximum Gasteiger partial charge on any atom is 0.226 e. The number of carbonyl (C=O) groups excluding carboxylic acids is 1. The predicted molar refractivity (Wildman–Crippen MR) is 83.9 cm³/mol. The maximum absolute atomic E-state index is 11.8. The van der Waals surface area contributed by atoms with Crippen LogP contribution < -0.4 is 11.1 Å². The van der Waals surface area contributed by atoms with E-state index >= 15 is 0 Å². The molecule has 1 saturated heterocycles. The summed E-state index contributed by atoms with van der Waals surface area (Å²) in [5.41, 5.74) is 6.43. The number of anilines is 2. The first-order chi connectivity index (χ1) is 10.1. The topological polar surface area (TPSA) is 73.6 Å². The standard InChI is InChI=1S/C14H18Cl2N2O3/c15-11-5-10(17)6-12(16)14(11)18-13(19)2-4-21-8-9-1-3-20-7-9/h5-6,9H,1-4,7-8,17H2,(H,18,19). The second-order valence-electron chi connectivity index (χ2n) is 4.96. The zero-order chi connectivity index (χ0) is 15.2. The lowest BCUT2D eigenvalue weighted by Gasteiger charge is -2.11. The molecule has 1 heterocycles. The number of hydrogen-bond acceptors (Lipinski definition) is 4. The van der Waals surface area contributed by atoms with E-state index in [0.29, 0.717) is 40.6 Å². The van der Waals surface area contributed by atoms with E-state index in [9.17, 15) is 4.79 Å². The Balaban J connectivity index is 1.74. The average Bonchev–Trinajstić information content (AvgIpc) is 2.92. The number of amides is 1. The number of carbonyl (C=O) groups is 1. The zero-order valence-corrected chi connectivity index (χ0v) is 13.0. The van der Waals surface area contributed by atoms with Crippen LogP contribution in [0.15, 0.2) is 12.1 Å². The Morgan fingerprint density at radius 2 is 2.14 bits per heavy atom. The summed E-state index contributed by atoms with van der Waals surface area (Å²) in [6, 6.07) is 3.08. The van der Waals surface area contributed by atoms with E-state index in [4.69, 9.17) is 38.4 Å². The van der Waals surface area contributed by atoms with Crippen molar-refractivity contribution in [2.24, 2.45) is 5.92 Å². The van der Waals surface area contributed by atoms with Crippen molar-refractivity contribution in [2.75, 3.05) is 37.5 Å². The number of halogens is 2. The van der Waals surface area contributed by atoms with Crippen molar-refractivity contribution in [3.8, 4) is 0 Å². The fraction of sp³-hybridized carbons (Fsp3) is 0.500. The van der Waals surface area contributed by atoms with Gasteiger partial charge in [0.25, 0.3) is 0 Å². The minimum Gasteiger partial charge on any atom is -0.399 e. The summed E-state index contributed by atoms with van der Waals surface area (Å²) in [4.78, 5) is 11.8. The van der Waals surface area contributed by atoms with Gasteiger partial charge in [0.15, 0.2) is 0 Å². The third kappa shape index (κ3) is 5.04. The smallest absolute Gasteiger partial charge is 0.226 e. The van der Waals surface area contributed by atoms with Crippen LogP contribution >= 0.6 is 23.2 Å². The highest BCUT2D eigenvalue weighted by Gasteiger charge is 2.16. The molecule has 1 fully saturated rings. The molecule has 0 aliphatic carbocycles. The van der Waals surface area contributed by atoms with E-state index in [0.717, 1.165) is 19.6 Å². The number of nitrogens with two attached hydrogens (primary N) is 1. The summed E-state index contributed by atoms with van der Waals surface area (Å²) in [7, 11) is 0. The van der Waals surface area contributed by atoms with Gasteiger partial charge in [-0.05, 0) is 18.6 Å². The van der Waals surface area contributed by atoms with Gasteiger partial charge in [0.1, 0.15) is 0 Å². The SMILES string of the molecule is Nc1cc(Cl)c(NC(=O)CCOCC2CCOC2)c(Cl)c1. The lowest BCUT2D eigenvalue weighted by Crippen LogP contribution is -2.17. The Hall–Kier alpha value is -1.01. The Kier molecular flexibility index (Phi) is 6.11. The fourth-order valence-electron chi connectivity index (χ4n) is 2.04. The van der Waals surface area contributed by atoms with E-state index in [1.54, 1.807) is 12.1 Å². The Labute approximate surface area is 133 Å². The molecule has 1 amide bonds. The Bertz CT molecular complexity index is 482. The lowest BCUT2D eigenvalue weighted by atomic mass is 10.1. The van der Waals surface area contributed by atoms with Crippen LogP contribution in [0.1, 0.15) is 12.8 Å². The lowest BCUT2D eigenvalue weighted by molar-refractivity contribution is -0.117. The van der Waals surface area contributed by atoms with Crippen molar-refractivity contribution >= 4 is 40.5 Å². The Morgan fingerprint density at radius 1 is 1.43 bits per heavy atom. The van der Waals surface area contributed by atoms with Crippen LogP contribution in [0.3, 0.4) is 0 Å². The van der Waals surface area contributed by atoms with Crippen molar-refractivity contribution in [3.05, 3.63) is 22.2 Å². The van der Waals surface area contributed by atoms with Crippen LogP contribution in [-0.2, 0) is 14.3 Å². The fourth-order valence-corrected chi connectivity index (χ4v) is 2.64. The molecule has 116 valence electrons. The van der Waals surface area contributed by atoms with Crippen LogP contribution in [0, 0.1) is 5.92 Å². The molecule has 1 aliphatic rings. The van der Waals surface area contributed by atoms with Crippen molar-refractivity contribution in [3.63, 3.8) is 0 Å². The zero-order valence-electron chi connectivity index (χ0n) is 11.5. The molecular formula is C14H18Cl2N2O3. The minimum absolute atomic E-state index is 0.203. The van der Waals surface area contributed by atoms with E-state index in [1.807, 2.05) is 0 Å². The Morgan fingerprint density at radius 3 is 2.76 bits per heavy atom. The van der Waals surface area contributed by atoms with Crippen molar-refractivity contribution < 1.29 is 14.3 Å². The molecule has 5 nitrogen and oxygen atoms in total. The largest absolute Gasteiger partial charge is 0.399 e. The first-order valence-electron chi connectivity index (χ1n) is 6.76. The molecular weight excluding hydrogens is 315 g/mol. The molecule has 21 heavy (non-hydrogen) atoms. The van der Waals surface area contributed by atoms with Gasteiger partial charge in [0.2, 0.25) is 5.91 Å². The van der Waals surface area contributed by atoms with Gasteiger partial charge in [-0.3, -0.25) is 4.79 Å². The predicted octanol–water partition coefficient (Wildman–Crippen LogP) is 2.96. The van der Waals surface area contributed by atoms with Crippen LogP contribution in [0.25, 0.3) is 0 Å². The monoisotopic (exact) mass is 332 g/mol. The normalized spacial score (nSPS) is 17.9. The number of hydrogen-bond donors (Lipinski definition) is 2. The van der Waals surface area contributed by atoms with Crippen molar-refractivity contribution in [1.29, 1.82) is 0 Å². The molecule has 1 atom stereocenters. The minimum atomic E-state index is -0.203. The number of ether oxygens (including phenoxy) is 2. The van der Waals surface area contributed by atoms with Gasteiger partial charge in [-0.15, -0.1) is 0 Å². The van der Waals surface area contributed by atoms with Gasteiger partial charge < -0.3 is 20.5 Å². The number of nitrogens with one attached hydrogen (secondary N) is 1. The summed E-state index contributed by atoms with van der Waals surface area (Å²) >= 11 is 12.0. The van der Waals surface area contributed by atoms with Gasteiger partial charge >= 0.3 is 0 Å². The molecule has 1 unspecified atom stereocenters. The molecule has 0 saturated carbocycles. The van der Waals surface area contributed by atoms with Crippen LogP contribution in [0.2, 0.25) is 10.0 Å². The number of rotatable bonds is 6. The maximum atomic E-state index is 11.8. The molecule has 1 aliphatic heterocycles. The highest BCUT2D eigenvalue weighted by atomic mass is 35.5. The highest BCUT2D eigenvalue weighted by Crippen LogP contribution is 2.32. The van der Waals surface area contributed by atoms with E-state index in [1.165, 1.54) is 0 Å². The van der Waals surface area contributed by atoms with E-state index < -0.39 is 0 Å². The van der Waals surface area contributed by atoms with Gasteiger partial charge in [-0.2, -0.15) is 0 Å². The summed E-state index contributed by atoms with van der Waals surface area (Å²) < 4.78 is 10.7. The number of benzene rings is 1. The average molecular weight is 333 g/mol. The van der Waals surface area contributed by atoms with E-state index in [2.05, 4.69) is 5.32 Å². The molecule has 0 spiro atoms. The van der Waals surface area contributed by atoms with Gasteiger partial charge in [0.05, 0.1) is 42.0 Å². The summed E-state index contributed by atoms with van der Waals surface area (Å²) in [5, 5.41) is 3.31. The van der Waals surface area contributed by atoms with Crippen LogP contribution in [-0.4, -0.2) is 32.3 Å². The first kappa shape index (κ1) is 16.4. The van der Waals surface area contributed by atoms with Gasteiger partial charge in [-0.25, -0.2) is 0 Å². The van der Waals surface area contributed by atoms with Crippen LogP contribution in [0.4, 0.5) is 11.4 Å². The number of nitrogen functional groups attached to an aromatic ring is 1. The summed E-state index contributed by atoms with van der Waals surface area (Å²) in [6.45, 7) is 2.51. The van der Waals surface area contributed by atoms with E-state index in [-0.39, 0.29) is 12.3 Å². The second kappa shape index (κ2) is 7.84. The third-order valence-corrected chi connectivity index (χ3v) is 3.78. The molecule has 0 aromatic heterocycles.